The Kier molecular flexibility index (Phi) is 7.47. The van der Waals surface area contributed by atoms with Gasteiger partial charge in [0, 0.05) is 18.8 Å². The number of ether oxygens (including phenoxy) is 1. The maximum atomic E-state index is 13.5. The van der Waals surface area contributed by atoms with Gasteiger partial charge in [-0.1, -0.05) is 38.3 Å². The number of nitrogens with one attached hydrogen (secondary N) is 2. The normalized spacial score (nSPS) is 15.4. The molecule has 1 aliphatic carbocycles. The molecule has 0 saturated heterocycles. The zero-order chi connectivity index (χ0) is 23.2. The third-order valence-corrected chi connectivity index (χ3v) is 6.47. The van der Waals surface area contributed by atoms with Gasteiger partial charge in [0.25, 0.3) is 5.91 Å². The topological polar surface area (TPSA) is 81.1 Å². The second-order valence-electron chi connectivity index (χ2n) is 8.66. The maximum Gasteiger partial charge on any atom is 0.255 e. The molecular weight excluding hydrogens is 414 g/mol. The van der Waals surface area contributed by atoms with E-state index in [9.17, 15) is 4.79 Å². The number of aryl methyl sites for hydroxylation is 1. The fourth-order valence-corrected chi connectivity index (χ4v) is 4.66. The van der Waals surface area contributed by atoms with Gasteiger partial charge >= 0.3 is 0 Å². The van der Waals surface area contributed by atoms with Gasteiger partial charge in [-0.15, -0.1) is 0 Å². The summed E-state index contributed by atoms with van der Waals surface area (Å²) in [4.78, 5) is 18.1. The Morgan fingerprint density at radius 3 is 2.55 bits per heavy atom. The van der Waals surface area contributed by atoms with E-state index in [0.717, 1.165) is 53.8 Å². The summed E-state index contributed by atoms with van der Waals surface area (Å²) in [5.41, 5.74) is 3.30. The van der Waals surface area contributed by atoms with Crippen LogP contribution in [0.2, 0.25) is 0 Å². The molecule has 1 fully saturated rings. The van der Waals surface area contributed by atoms with Crippen molar-refractivity contribution in [2.75, 3.05) is 11.9 Å². The fraction of sp³-hybridized carbons (Fsp3) is 0.500. The van der Waals surface area contributed by atoms with Crippen molar-refractivity contribution in [3.63, 3.8) is 0 Å². The number of carbonyl (C=O) groups excluding carboxylic acids is 1. The molecule has 2 aromatic heterocycles. The van der Waals surface area contributed by atoms with Crippen LogP contribution in [0.5, 0.6) is 5.75 Å². The number of amides is 1. The molecule has 7 heteroatoms. The summed E-state index contributed by atoms with van der Waals surface area (Å²) < 4.78 is 7.43. The van der Waals surface area contributed by atoms with Gasteiger partial charge in [0.05, 0.1) is 35.5 Å². The minimum absolute atomic E-state index is 0.0928. The van der Waals surface area contributed by atoms with E-state index < -0.39 is 0 Å². The molecule has 176 valence electrons. The summed E-state index contributed by atoms with van der Waals surface area (Å²) in [5, 5.41) is 12.3. The number of rotatable bonds is 9. The molecule has 0 radical (unpaired) electrons. The van der Waals surface area contributed by atoms with Crippen LogP contribution in [-0.2, 0) is 6.54 Å². The first-order valence-corrected chi connectivity index (χ1v) is 12.3. The standard InChI is InChI=1S/C26H35N5O2/c1-4-23(18-12-14-20(15-13-18)33-6-3)30-26(32)22-16-27-25-21(17-28-31(25)5-2)24(22)29-19-10-8-7-9-11-19/h12-17,19,23H,4-11H2,1-3H3,(H,27,29)(H,30,32). The fourth-order valence-electron chi connectivity index (χ4n) is 4.66. The molecule has 7 nitrogen and oxygen atoms in total. The highest BCUT2D eigenvalue weighted by atomic mass is 16.5. The van der Waals surface area contributed by atoms with E-state index in [1.54, 1.807) is 6.20 Å². The number of carbonyl (C=O) groups is 1. The van der Waals surface area contributed by atoms with Crippen LogP contribution < -0.4 is 15.4 Å². The van der Waals surface area contributed by atoms with E-state index in [0.29, 0.717) is 18.2 Å². The van der Waals surface area contributed by atoms with Crippen molar-refractivity contribution < 1.29 is 9.53 Å². The van der Waals surface area contributed by atoms with Crippen molar-refractivity contribution in [2.24, 2.45) is 0 Å². The van der Waals surface area contributed by atoms with E-state index in [1.807, 2.05) is 49.0 Å². The van der Waals surface area contributed by atoms with E-state index in [4.69, 9.17) is 4.74 Å². The van der Waals surface area contributed by atoms with Gasteiger partial charge in [-0.25, -0.2) is 9.67 Å². The van der Waals surface area contributed by atoms with E-state index in [2.05, 4.69) is 27.6 Å². The van der Waals surface area contributed by atoms with Crippen molar-refractivity contribution in [2.45, 2.75) is 77.9 Å². The Hall–Kier alpha value is -3.09. The monoisotopic (exact) mass is 449 g/mol. The number of pyridine rings is 1. The molecular formula is C26H35N5O2. The molecule has 1 saturated carbocycles. The van der Waals surface area contributed by atoms with Gasteiger partial charge < -0.3 is 15.4 Å². The highest BCUT2D eigenvalue weighted by Crippen LogP contribution is 2.30. The Bertz CT molecular complexity index is 1070. The second-order valence-corrected chi connectivity index (χ2v) is 8.66. The van der Waals surface area contributed by atoms with E-state index in [-0.39, 0.29) is 11.9 Å². The number of hydrogen-bond donors (Lipinski definition) is 2. The number of anilines is 1. The molecule has 0 bridgehead atoms. The molecule has 1 unspecified atom stereocenters. The van der Waals surface area contributed by atoms with Crippen LogP contribution >= 0.6 is 0 Å². The van der Waals surface area contributed by atoms with E-state index >= 15 is 0 Å². The van der Waals surface area contributed by atoms with Crippen molar-refractivity contribution in [3.8, 4) is 5.75 Å². The first-order chi connectivity index (χ1) is 16.1. The zero-order valence-corrected chi connectivity index (χ0v) is 19.9. The predicted molar refractivity (Wildman–Crippen MR) is 132 cm³/mol. The van der Waals surface area contributed by atoms with Gasteiger partial charge in [-0.2, -0.15) is 5.10 Å². The van der Waals surface area contributed by atoms with Crippen LogP contribution in [0, 0.1) is 0 Å². The molecule has 2 heterocycles. The smallest absolute Gasteiger partial charge is 0.255 e. The Balaban J connectivity index is 1.62. The SMILES string of the molecule is CCOc1ccc(C(CC)NC(=O)c2cnc3c(cnn3CC)c2NC2CCCCC2)cc1. The largest absolute Gasteiger partial charge is 0.494 e. The molecule has 1 aliphatic rings. The number of benzene rings is 1. The summed E-state index contributed by atoms with van der Waals surface area (Å²) in [6.07, 6.45) is 10.3. The lowest BCUT2D eigenvalue weighted by atomic mass is 9.95. The number of aromatic nitrogens is 3. The van der Waals surface area contributed by atoms with Crippen LogP contribution in [0.1, 0.15) is 81.3 Å². The molecule has 3 aromatic rings. The minimum atomic E-state index is -0.118. The Morgan fingerprint density at radius 2 is 1.88 bits per heavy atom. The molecule has 0 spiro atoms. The quantitative estimate of drug-likeness (QED) is 0.452. The van der Waals surface area contributed by atoms with Crippen LogP contribution in [0.15, 0.2) is 36.7 Å². The average molecular weight is 450 g/mol. The number of nitrogens with zero attached hydrogens (tertiary/aromatic N) is 3. The molecule has 4 rings (SSSR count). The van der Waals surface area contributed by atoms with Crippen molar-refractivity contribution in [3.05, 3.63) is 47.8 Å². The second kappa shape index (κ2) is 10.7. The van der Waals surface area contributed by atoms with Crippen LogP contribution in [0.3, 0.4) is 0 Å². The molecule has 1 aromatic carbocycles. The third-order valence-electron chi connectivity index (χ3n) is 6.47. The maximum absolute atomic E-state index is 13.5. The highest BCUT2D eigenvalue weighted by molar-refractivity contribution is 6.06. The predicted octanol–water partition coefficient (Wildman–Crippen LogP) is 5.48. The van der Waals surface area contributed by atoms with Gasteiger partial charge in [-0.05, 0) is 50.8 Å². The average Bonchev–Trinajstić information content (AvgIpc) is 3.28. The van der Waals surface area contributed by atoms with Gasteiger partial charge in [-0.3, -0.25) is 4.79 Å². The number of hydrogen-bond acceptors (Lipinski definition) is 5. The summed E-state index contributed by atoms with van der Waals surface area (Å²) in [7, 11) is 0. The third kappa shape index (κ3) is 5.13. The van der Waals surface area contributed by atoms with Crippen molar-refractivity contribution in [1.29, 1.82) is 0 Å². The lowest BCUT2D eigenvalue weighted by molar-refractivity contribution is 0.0936. The Morgan fingerprint density at radius 1 is 1.12 bits per heavy atom. The van der Waals surface area contributed by atoms with Crippen molar-refractivity contribution in [1.82, 2.24) is 20.1 Å². The van der Waals surface area contributed by atoms with Crippen LogP contribution in [0.25, 0.3) is 11.0 Å². The molecule has 1 atom stereocenters. The molecule has 1 amide bonds. The number of fused-ring (bicyclic) bond motifs is 1. The molecule has 33 heavy (non-hydrogen) atoms. The minimum Gasteiger partial charge on any atom is -0.494 e. The summed E-state index contributed by atoms with van der Waals surface area (Å²) in [5.74, 6) is 0.719. The van der Waals surface area contributed by atoms with Gasteiger partial charge in [0.2, 0.25) is 0 Å². The van der Waals surface area contributed by atoms with Crippen LogP contribution in [-0.4, -0.2) is 33.3 Å². The summed E-state index contributed by atoms with van der Waals surface area (Å²) >= 11 is 0. The van der Waals surface area contributed by atoms with Crippen LogP contribution in [0.4, 0.5) is 5.69 Å². The summed E-state index contributed by atoms with van der Waals surface area (Å²) in [6.45, 7) is 7.46. The van der Waals surface area contributed by atoms with Crippen molar-refractivity contribution >= 4 is 22.6 Å². The Labute approximate surface area is 195 Å². The lowest BCUT2D eigenvalue weighted by Gasteiger charge is -2.26. The highest BCUT2D eigenvalue weighted by Gasteiger charge is 2.23. The van der Waals surface area contributed by atoms with Gasteiger partial charge in [0.15, 0.2) is 5.65 Å². The zero-order valence-electron chi connectivity index (χ0n) is 19.9. The molecule has 0 aliphatic heterocycles. The lowest BCUT2D eigenvalue weighted by Crippen LogP contribution is -2.30. The first kappa shape index (κ1) is 23.1. The van der Waals surface area contributed by atoms with Gasteiger partial charge in [0.1, 0.15) is 5.75 Å². The molecule has 2 N–H and O–H groups in total. The summed E-state index contributed by atoms with van der Waals surface area (Å²) in [6, 6.07) is 8.23. The van der Waals surface area contributed by atoms with E-state index in [1.165, 1.54) is 19.3 Å². The first-order valence-electron chi connectivity index (χ1n) is 12.3.